The van der Waals surface area contributed by atoms with Crippen molar-refractivity contribution in [1.29, 1.82) is 0 Å². The highest BCUT2D eigenvalue weighted by molar-refractivity contribution is 7.99. The summed E-state index contributed by atoms with van der Waals surface area (Å²) >= 11 is 13.2. The molecule has 2 aromatic carbocycles. The standard InChI is InChI=1S/C18H15Cl2N5O2S/c1-25-10-21-24-18(25)28-9-16(26)22-13-4-2-3-11(7-13)17(27)23-15-6-5-12(19)8-14(15)20/h2-8,10H,9H2,1H3,(H,22,26)(H,23,27). The van der Waals surface area contributed by atoms with Crippen LogP contribution in [0.3, 0.4) is 0 Å². The van der Waals surface area contributed by atoms with Crippen molar-refractivity contribution in [2.75, 3.05) is 16.4 Å². The summed E-state index contributed by atoms with van der Waals surface area (Å²) in [6.07, 6.45) is 1.56. The second-order valence-electron chi connectivity index (χ2n) is 5.72. The van der Waals surface area contributed by atoms with E-state index in [9.17, 15) is 9.59 Å². The molecule has 1 aromatic heterocycles. The number of aryl methyl sites for hydroxylation is 1. The van der Waals surface area contributed by atoms with Gasteiger partial charge in [-0.25, -0.2) is 0 Å². The monoisotopic (exact) mass is 435 g/mol. The highest BCUT2D eigenvalue weighted by Crippen LogP contribution is 2.26. The van der Waals surface area contributed by atoms with Crippen molar-refractivity contribution in [1.82, 2.24) is 14.8 Å². The summed E-state index contributed by atoms with van der Waals surface area (Å²) in [4.78, 5) is 24.6. The third kappa shape index (κ3) is 5.25. The number of amides is 2. The first-order chi connectivity index (χ1) is 13.4. The zero-order chi connectivity index (χ0) is 20.1. The van der Waals surface area contributed by atoms with E-state index in [0.29, 0.717) is 32.1 Å². The van der Waals surface area contributed by atoms with Gasteiger partial charge in [-0.05, 0) is 36.4 Å². The van der Waals surface area contributed by atoms with Gasteiger partial charge in [-0.15, -0.1) is 10.2 Å². The number of carbonyl (C=O) groups is 2. The Labute approximate surface area is 175 Å². The first-order valence-electron chi connectivity index (χ1n) is 8.05. The average molecular weight is 436 g/mol. The summed E-state index contributed by atoms with van der Waals surface area (Å²) < 4.78 is 1.73. The average Bonchev–Trinajstić information content (AvgIpc) is 3.07. The second-order valence-corrected chi connectivity index (χ2v) is 7.51. The number of carbonyl (C=O) groups excluding carboxylic acids is 2. The molecular weight excluding hydrogens is 421 g/mol. The molecule has 2 N–H and O–H groups in total. The summed E-state index contributed by atoms with van der Waals surface area (Å²) in [7, 11) is 1.80. The minimum atomic E-state index is -0.353. The topological polar surface area (TPSA) is 88.9 Å². The van der Waals surface area contributed by atoms with Gasteiger partial charge in [0.15, 0.2) is 5.16 Å². The molecule has 0 spiro atoms. The Morgan fingerprint density at radius 2 is 1.96 bits per heavy atom. The van der Waals surface area contributed by atoms with E-state index in [1.54, 1.807) is 60.4 Å². The fourth-order valence-electron chi connectivity index (χ4n) is 2.25. The van der Waals surface area contributed by atoms with Crippen molar-refractivity contribution >= 4 is 58.2 Å². The molecule has 3 rings (SSSR count). The molecule has 2 amide bonds. The van der Waals surface area contributed by atoms with Crippen LogP contribution in [0.25, 0.3) is 0 Å². The van der Waals surface area contributed by atoms with Crippen molar-refractivity contribution in [3.63, 3.8) is 0 Å². The lowest BCUT2D eigenvalue weighted by atomic mass is 10.2. The van der Waals surface area contributed by atoms with Gasteiger partial charge in [-0.2, -0.15) is 0 Å². The van der Waals surface area contributed by atoms with Crippen LogP contribution >= 0.6 is 35.0 Å². The summed E-state index contributed by atoms with van der Waals surface area (Å²) in [5.41, 5.74) is 1.34. The van der Waals surface area contributed by atoms with Gasteiger partial charge in [-0.1, -0.05) is 41.0 Å². The number of hydrogen-bond acceptors (Lipinski definition) is 5. The van der Waals surface area contributed by atoms with E-state index in [1.807, 2.05) is 0 Å². The Kier molecular flexibility index (Phi) is 6.56. The zero-order valence-corrected chi connectivity index (χ0v) is 17.0. The summed E-state index contributed by atoms with van der Waals surface area (Å²) in [6, 6.07) is 11.4. The van der Waals surface area contributed by atoms with Gasteiger partial charge in [0.1, 0.15) is 6.33 Å². The second kappa shape index (κ2) is 9.09. The largest absolute Gasteiger partial charge is 0.325 e. The van der Waals surface area contributed by atoms with Crippen LogP contribution in [0.2, 0.25) is 10.0 Å². The van der Waals surface area contributed by atoms with Crippen molar-refractivity contribution in [2.24, 2.45) is 7.05 Å². The minimum absolute atomic E-state index is 0.170. The molecule has 0 aliphatic carbocycles. The highest BCUT2D eigenvalue weighted by atomic mass is 35.5. The van der Waals surface area contributed by atoms with E-state index in [2.05, 4.69) is 20.8 Å². The Morgan fingerprint density at radius 1 is 1.14 bits per heavy atom. The smallest absolute Gasteiger partial charge is 0.255 e. The first-order valence-corrected chi connectivity index (χ1v) is 9.79. The fourth-order valence-corrected chi connectivity index (χ4v) is 3.40. The predicted molar refractivity (Wildman–Crippen MR) is 111 cm³/mol. The number of hydrogen-bond donors (Lipinski definition) is 2. The lowest BCUT2D eigenvalue weighted by molar-refractivity contribution is -0.113. The Hall–Kier alpha value is -2.55. The number of nitrogens with zero attached hydrogens (tertiary/aromatic N) is 3. The molecule has 0 saturated carbocycles. The van der Waals surface area contributed by atoms with E-state index < -0.39 is 0 Å². The molecule has 144 valence electrons. The quantitative estimate of drug-likeness (QED) is 0.568. The third-order valence-corrected chi connectivity index (χ3v) is 5.17. The molecule has 0 fully saturated rings. The molecule has 10 heteroatoms. The maximum atomic E-state index is 12.5. The van der Waals surface area contributed by atoms with Crippen molar-refractivity contribution < 1.29 is 9.59 Å². The van der Waals surface area contributed by atoms with E-state index in [0.717, 1.165) is 0 Å². The van der Waals surface area contributed by atoms with Crippen LogP contribution in [0.1, 0.15) is 10.4 Å². The number of nitrogens with one attached hydrogen (secondary N) is 2. The molecule has 28 heavy (non-hydrogen) atoms. The molecule has 0 unspecified atom stereocenters. The molecule has 0 aliphatic heterocycles. The molecule has 0 aliphatic rings. The molecular formula is C18H15Cl2N5O2S. The number of thioether (sulfide) groups is 1. The lowest BCUT2D eigenvalue weighted by Crippen LogP contribution is -2.16. The molecule has 7 nitrogen and oxygen atoms in total. The molecule has 0 radical (unpaired) electrons. The van der Waals surface area contributed by atoms with Crippen LogP contribution in [0.5, 0.6) is 0 Å². The minimum Gasteiger partial charge on any atom is -0.325 e. The SMILES string of the molecule is Cn1cnnc1SCC(=O)Nc1cccc(C(=O)Nc2ccc(Cl)cc2Cl)c1. The van der Waals surface area contributed by atoms with Crippen LogP contribution in [-0.4, -0.2) is 32.3 Å². The number of rotatable bonds is 6. The molecule has 3 aromatic rings. The van der Waals surface area contributed by atoms with Crippen LogP contribution in [0.15, 0.2) is 53.9 Å². The predicted octanol–water partition coefficient (Wildman–Crippen LogP) is 4.11. The van der Waals surface area contributed by atoms with Gasteiger partial charge in [0.2, 0.25) is 5.91 Å². The van der Waals surface area contributed by atoms with E-state index in [1.165, 1.54) is 11.8 Å². The van der Waals surface area contributed by atoms with Gasteiger partial charge >= 0.3 is 0 Å². The number of anilines is 2. The Balaban J connectivity index is 1.62. The number of benzene rings is 2. The molecule has 0 atom stereocenters. The lowest BCUT2D eigenvalue weighted by Gasteiger charge is -2.09. The van der Waals surface area contributed by atoms with Gasteiger partial charge in [0.25, 0.3) is 5.91 Å². The molecule has 0 bridgehead atoms. The van der Waals surface area contributed by atoms with Crippen LogP contribution in [-0.2, 0) is 11.8 Å². The Morgan fingerprint density at radius 3 is 2.68 bits per heavy atom. The summed E-state index contributed by atoms with van der Waals surface area (Å²) in [5, 5.41) is 14.6. The van der Waals surface area contributed by atoms with Gasteiger partial charge < -0.3 is 15.2 Å². The van der Waals surface area contributed by atoms with Gasteiger partial charge in [0, 0.05) is 23.3 Å². The van der Waals surface area contributed by atoms with Crippen molar-refractivity contribution in [3.8, 4) is 0 Å². The maximum absolute atomic E-state index is 12.5. The normalized spacial score (nSPS) is 10.5. The Bertz CT molecular complexity index is 1020. The van der Waals surface area contributed by atoms with Crippen molar-refractivity contribution in [2.45, 2.75) is 5.16 Å². The highest BCUT2D eigenvalue weighted by Gasteiger charge is 2.11. The van der Waals surface area contributed by atoms with Crippen LogP contribution < -0.4 is 10.6 Å². The van der Waals surface area contributed by atoms with Crippen molar-refractivity contribution in [3.05, 3.63) is 64.4 Å². The van der Waals surface area contributed by atoms with Gasteiger partial charge in [0.05, 0.1) is 16.5 Å². The number of aromatic nitrogens is 3. The third-order valence-electron chi connectivity index (χ3n) is 3.59. The summed E-state index contributed by atoms with van der Waals surface area (Å²) in [5.74, 6) is -0.399. The zero-order valence-electron chi connectivity index (χ0n) is 14.6. The first kappa shape index (κ1) is 20.2. The molecule has 0 saturated heterocycles. The van der Waals surface area contributed by atoms with Crippen LogP contribution in [0, 0.1) is 0 Å². The number of halogens is 2. The van der Waals surface area contributed by atoms with E-state index in [4.69, 9.17) is 23.2 Å². The fraction of sp³-hybridized carbons (Fsp3) is 0.111. The van der Waals surface area contributed by atoms with E-state index in [-0.39, 0.29) is 17.6 Å². The maximum Gasteiger partial charge on any atom is 0.255 e. The summed E-state index contributed by atoms with van der Waals surface area (Å²) in [6.45, 7) is 0. The molecule has 1 heterocycles. The van der Waals surface area contributed by atoms with Crippen LogP contribution in [0.4, 0.5) is 11.4 Å². The van der Waals surface area contributed by atoms with Gasteiger partial charge in [-0.3, -0.25) is 9.59 Å². The van der Waals surface area contributed by atoms with E-state index >= 15 is 0 Å².